The van der Waals surface area contributed by atoms with E-state index in [2.05, 4.69) is 58.6 Å². The summed E-state index contributed by atoms with van der Waals surface area (Å²) in [4.78, 5) is 15.7. The van der Waals surface area contributed by atoms with E-state index in [9.17, 15) is 9.90 Å². The van der Waals surface area contributed by atoms with Crippen molar-refractivity contribution in [2.75, 3.05) is 45.9 Å². The first-order valence-electron chi connectivity index (χ1n) is 11.0. The number of amides is 1. The van der Waals surface area contributed by atoms with Crippen LogP contribution in [-0.2, 0) is 15.6 Å². The first-order valence-corrected chi connectivity index (χ1v) is 11.0. The number of carbonyl (C=O) groups excluding carboxylic acids is 1. The Morgan fingerprint density at radius 2 is 1.68 bits per heavy atom. The Hall–Kier alpha value is -1.50. The summed E-state index contributed by atoms with van der Waals surface area (Å²) in [6, 6.07) is 6.38. The number of benzene rings is 1. The predicted molar refractivity (Wildman–Crippen MR) is 128 cm³/mol. The van der Waals surface area contributed by atoms with Crippen LogP contribution in [0.15, 0.2) is 18.2 Å². The normalized spacial score (nSPS) is 16.5. The molecule has 1 aliphatic heterocycles. The van der Waals surface area contributed by atoms with Crippen LogP contribution in [0.4, 0.5) is 4.79 Å². The zero-order valence-corrected chi connectivity index (χ0v) is 21.1. The summed E-state index contributed by atoms with van der Waals surface area (Å²) in [6.45, 7) is 18.8. The molecule has 1 aromatic rings. The zero-order valence-electron chi connectivity index (χ0n) is 20.2. The maximum absolute atomic E-state index is 11.8. The average molecular weight is 457 g/mol. The van der Waals surface area contributed by atoms with E-state index in [0.29, 0.717) is 26.2 Å². The lowest BCUT2D eigenvalue weighted by Crippen LogP contribution is -2.51. The number of β-amino-alcohol motifs (C(OH)–C–C–N with tert-alkyl or cyclic N) is 1. The lowest BCUT2D eigenvalue weighted by Gasteiger charge is -2.35. The molecular weight excluding hydrogens is 416 g/mol. The van der Waals surface area contributed by atoms with Crippen molar-refractivity contribution in [1.29, 1.82) is 0 Å². The molecule has 2 rings (SSSR count). The van der Waals surface area contributed by atoms with Crippen LogP contribution in [0.25, 0.3) is 0 Å². The molecule has 1 aromatic carbocycles. The molecule has 1 amide bonds. The number of rotatable bonds is 6. The van der Waals surface area contributed by atoms with E-state index < -0.39 is 6.10 Å². The van der Waals surface area contributed by atoms with Gasteiger partial charge in [0, 0.05) is 32.7 Å². The Bertz CT molecular complexity index is 705. The van der Waals surface area contributed by atoms with Gasteiger partial charge in [-0.3, -0.25) is 4.90 Å². The number of hydrogen-bond donors (Lipinski definition) is 1. The first kappa shape index (κ1) is 27.5. The van der Waals surface area contributed by atoms with Crippen LogP contribution in [0.1, 0.15) is 59.6 Å². The van der Waals surface area contributed by atoms with Crippen molar-refractivity contribution in [3.8, 4) is 5.75 Å². The Morgan fingerprint density at radius 3 is 2.19 bits per heavy atom. The van der Waals surface area contributed by atoms with Gasteiger partial charge in [0.15, 0.2) is 0 Å². The highest BCUT2D eigenvalue weighted by molar-refractivity contribution is 5.85. The molecule has 178 valence electrons. The van der Waals surface area contributed by atoms with Gasteiger partial charge in [0.05, 0.1) is 6.61 Å². The molecule has 0 saturated carbocycles. The number of carbonyl (C=O) groups is 1. The van der Waals surface area contributed by atoms with Crippen LogP contribution < -0.4 is 4.74 Å². The van der Waals surface area contributed by atoms with E-state index in [1.54, 1.807) is 4.90 Å². The Labute approximate surface area is 194 Å². The third-order valence-corrected chi connectivity index (χ3v) is 5.45. The lowest BCUT2D eigenvalue weighted by molar-refractivity contribution is 0.0404. The molecule has 0 bridgehead atoms. The molecule has 0 radical (unpaired) electrons. The van der Waals surface area contributed by atoms with Crippen LogP contribution in [0.5, 0.6) is 5.75 Å². The largest absolute Gasteiger partial charge is 0.491 e. The number of ether oxygens (including phenoxy) is 2. The molecule has 6 nitrogen and oxygen atoms in total. The molecule has 31 heavy (non-hydrogen) atoms. The van der Waals surface area contributed by atoms with Crippen molar-refractivity contribution in [1.82, 2.24) is 9.80 Å². The van der Waals surface area contributed by atoms with E-state index >= 15 is 0 Å². The molecule has 0 spiro atoms. The summed E-state index contributed by atoms with van der Waals surface area (Å²) in [5, 5.41) is 10.5. The van der Waals surface area contributed by atoms with Gasteiger partial charge in [-0.15, -0.1) is 12.4 Å². The second-order valence-electron chi connectivity index (χ2n) is 10.2. The topological polar surface area (TPSA) is 62.2 Å². The third kappa shape index (κ3) is 8.17. The van der Waals surface area contributed by atoms with Crippen LogP contribution >= 0.6 is 12.4 Å². The Balaban J connectivity index is 0.00000480. The highest BCUT2D eigenvalue weighted by atomic mass is 35.5. The summed E-state index contributed by atoms with van der Waals surface area (Å²) in [7, 11) is 0. The minimum absolute atomic E-state index is 0. The summed E-state index contributed by atoms with van der Waals surface area (Å²) in [6.07, 6.45) is -0.844. The number of nitrogens with zero attached hydrogens (tertiary/aromatic N) is 2. The molecule has 1 heterocycles. The van der Waals surface area contributed by atoms with Crippen molar-refractivity contribution in [2.45, 2.75) is 65.4 Å². The second-order valence-corrected chi connectivity index (χ2v) is 10.2. The van der Waals surface area contributed by atoms with Crippen molar-refractivity contribution in [3.05, 3.63) is 29.3 Å². The van der Waals surface area contributed by atoms with Gasteiger partial charge in [-0.25, -0.2) is 4.79 Å². The fraction of sp³-hybridized carbons (Fsp3) is 0.708. The smallest absolute Gasteiger partial charge is 0.409 e. The van der Waals surface area contributed by atoms with Crippen LogP contribution in [-0.4, -0.2) is 73.0 Å². The molecule has 0 aliphatic carbocycles. The maximum atomic E-state index is 11.8. The molecule has 1 saturated heterocycles. The monoisotopic (exact) mass is 456 g/mol. The van der Waals surface area contributed by atoms with E-state index in [0.717, 1.165) is 24.4 Å². The average Bonchev–Trinajstić information content (AvgIpc) is 2.65. The third-order valence-electron chi connectivity index (χ3n) is 5.45. The SMILES string of the molecule is CCOC(=O)N1CCN(CC(O)COc2ccc(C(C)(C)C)cc2C(C)(C)C)CC1.Cl. The predicted octanol–water partition coefficient (Wildman–Crippen LogP) is 4.22. The minimum Gasteiger partial charge on any atom is -0.491 e. The summed E-state index contributed by atoms with van der Waals surface area (Å²) < 4.78 is 11.1. The molecule has 1 fully saturated rings. The van der Waals surface area contributed by atoms with Gasteiger partial charge < -0.3 is 19.5 Å². The minimum atomic E-state index is -0.589. The molecule has 7 heteroatoms. The van der Waals surface area contributed by atoms with Crippen molar-refractivity contribution < 1.29 is 19.4 Å². The van der Waals surface area contributed by atoms with Gasteiger partial charge in [0.25, 0.3) is 0 Å². The number of halogens is 1. The number of aliphatic hydroxyl groups is 1. The molecule has 1 atom stereocenters. The second kappa shape index (κ2) is 11.4. The van der Waals surface area contributed by atoms with Gasteiger partial charge in [-0.2, -0.15) is 0 Å². The fourth-order valence-corrected chi connectivity index (χ4v) is 3.57. The summed E-state index contributed by atoms with van der Waals surface area (Å²) >= 11 is 0. The molecule has 1 aliphatic rings. The molecule has 1 unspecified atom stereocenters. The van der Waals surface area contributed by atoms with Crippen molar-refractivity contribution in [3.63, 3.8) is 0 Å². The number of piperazine rings is 1. The van der Waals surface area contributed by atoms with E-state index in [4.69, 9.17) is 9.47 Å². The Kier molecular flexibility index (Phi) is 10.1. The summed E-state index contributed by atoms with van der Waals surface area (Å²) in [5.41, 5.74) is 2.46. The maximum Gasteiger partial charge on any atom is 0.409 e. The van der Waals surface area contributed by atoms with Gasteiger partial charge >= 0.3 is 6.09 Å². The van der Waals surface area contributed by atoms with Crippen molar-refractivity contribution >= 4 is 18.5 Å². The zero-order chi connectivity index (χ0) is 22.5. The highest BCUT2D eigenvalue weighted by Gasteiger charge is 2.25. The molecule has 1 N–H and O–H groups in total. The first-order chi connectivity index (χ1) is 13.9. The molecule has 0 aromatic heterocycles. The fourth-order valence-electron chi connectivity index (χ4n) is 3.57. The highest BCUT2D eigenvalue weighted by Crippen LogP contribution is 2.35. The Morgan fingerprint density at radius 1 is 1.06 bits per heavy atom. The van der Waals surface area contributed by atoms with Crippen LogP contribution in [0, 0.1) is 0 Å². The van der Waals surface area contributed by atoms with E-state index in [1.807, 2.05) is 13.0 Å². The van der Waals surface area contributed by atoms with E-state index in [-0.39, 0.29) is 35.9 Å². The van der Waals surface area contributed by atoms with Crippen LogP contribution in [0.3, 0.4) is 0 Å². The van der Waals surface area contributed by atoms with E-state index in [1.165, 1.54) is 5.56 Å². The van der Waals surface area contributed by atoms with Gasteiger partial charge in [-0.1, -0.05) is 53.7 Å². The number of hydrogen-bond acceptors (Lipinski definition) is 5. The van der Waals surface area contributed by atoms with Gasteiger partial charge in [0.1, 0.15) is 18.5 Å². The van der Waals surface area contributed by atoms with Crippen LogP contribution in [0.2, 0.25) is 0 Å². The number of aliphatic hydroxyl groups excluding tert-OH is 1. The standard InChI is InChI=1S/C24H40N2O4.ClH/c1-8-29-22(28)26-13-11-25(12-14-26)16-19(27)17-30-21-10-9-18(23(2,3)4)15-20(21)24(5,6)7;/h9-10,15,19,27H,8,11-14,16-17H2,1-7H3;1H. The molecular formula is C24H41ClN2O4. The van der Waals surface area contributed by atoms with Gasteiger partial charge in [0.2, 0.25) is 0 Å². The lowest BCUT2D eigenvalue weighted by atomic mass is 9.80. The van der Waals surface area contributed by atoms with Crippen molar-refractivity contribution in [2.24, 2.45) is 0 Å². The quantitative estimate of drug-likeness (QED) is 0.694. The van der Waals surface area contributed by atoms with Gasteiger partial charge in [-0.05, 0) is 34.9 Å². The summed E-state index contributed by atoms with van der Waals surface area (Å²) in [5.74, 6) is 0.835.